The molecule has 3 aromatic rings. The molecule has 0 unspecified atom stereocenters. The van der Waals surface area contributed by atoms with Gasteiger partial charge in [0, 0.05) is 13.1 Å². The summed E-state index contributed by atoms with van der Waals surface area (Å²) in [4.78, 5) is 28.0. The van der Waals surface area contributed by atoms with Gasteiger partial charge in [0.2, 0.25) is 11.8 Å². The van der Waals surface area contributed by atoms with Crippen molar-refractivity contribution in [3.63, 3.8) is 0 Å². The van der Waals surface area contributed by atoms with Crippen molar-refractivity contribution in [2.24, 2.45) is 0 Å². The minimum Gasteiger partial charge on any atom is -0.354 e. The maximum Gasteiger partial charge on any atom is 0.264 e. The number of unbranched alkanes of at least 4 members (excludes halogenated alkanes) is 1. The molecule has 0 aliphatic rings. The number of anilines is 1. The van der Waals surface area contributed by atoms with Crippen LogP contribution in [0.2, 0.25) is 10.0 Å². The molecule has 0 radical (unpaired) electrons. The Morgan fingerprint density at radius 3 is 2.23 bits per heavy atom. The van der Waals surface area contributed by atoms with Crippen molar-refractivity contribution in [3.8, 4) is 0 Å². The van der Waals surface area contributed by atoms with Crippen LogP contribution in [0.5, 0.6) is 0 Å². The Balaban J connectivity index is 2.01. The van der Waals surface area contributed by atoms with Crippen LogP contribution in [0, 0.1) is 12.7 Å². The van der Waals surface area contributed by atoms with E-state index in [1.54, 1.807) is 49.4 Å². The number of benzene rings is 3. The van der Waals surface area contributed by atoms with E-state index in [0.29, 0.717) is 17.1 Å². The number of nitrogens with one attached hydrogen (secondary N) is 1. The number of carbonyl (C=O) groups is 2. The van der Waals surface area contributed by atoms with Crippen molar-refractivity contribution in [1.82, 2.24) is 10.2 Å². The van der Waals surface area contributed by atoms with Crippen molar-refractivity contribution in [1.29, 1.82) is 0 Å². The number of aryl methyl sites for hydroxylation is 1. The number of halogens is 3. The summed E-state index contributed by atoms with van der Waals surface area (Å²) in [5, 5.41) is 3.45. The molecule has 214 valence electrons. The van der Waals surface area contributed by atoms with E-state index >= 15 is 0 Å². The van der Waals surface area contributed by atoms with Crippen LogP contribution in [0.25, 0.3) is 0 Å². The van der Waals surface area contributed by atoms with Crippen molar-refractivity contribution in [2.45, 2.75) is 51.1 Å². The standard InChI is InChI=1S/C29H32Cl2FN3O4S/c1-4-5-16-33-29(37)21(3)34(18-22-8-15-26(30)27(31)17-22)28(36)19-35(24-11-6-20(2)7-12-24)40(38,39)25-13-9-23(32)10-14-25/h6-15,17,21H,4-5,16,18-19H2,1-3H3,(H,33,37)/t21-/m0/s1. The van der Waals surface area contributed by atoms with Crippen LogP contribution < -0.4 is 9.62 Å². The second-order valence-corrected chi connectivity index (χ2v) is 12.1. The molecule has 3 aromatic carbocycles. The second-order valence-electron chi connectivity index (χ2n) is 9.39. The van der Waals surface area contributed by atoms with E-state index in [1.165, 1.54) is 4.90 Å². The zero-order valence-corrected chi connectivity index (χ0v) is 24.9. The Hall–Kier alpha value is -3.14. The largest absolute Gasteiger partial charge is 0.354 e. The first-order chi connectivity index (χ1) is 18.9. The van der Waals surface area contributed by atoms with E-state index in [4.69, 9.17) is 23.2 Å². The number of nitrogens with zero attached hydrogens (tertiary/aromatic N) is 2. The molecule has 1 N–H and O–H groups in total. The van der Waals surface area contributed by atoms with Crippen LogP contribution in [0.4, 0.5) is 10.1 Å². The van der Waals surface area contributed by atoms with Gasteiger partial charge in [0.05, 0.1) is 20.6 Å². The fraction of sp³-hybridized carbons (Fsp3) is 0.310. The number of sulfonamides is 1. The third-order valence-corrected chi connectivity index (χ3v) is 8.86. The lowest BCUT2D eigenvalue weighted by atomic mass is 10.1. The van der Waals surface area contributed by atoms with Gasteiger partial charge in [0.15, 0.2) is 0 Å². The fourth-order valence-corrected chi connectivity index (χ4v) is 5.66. The first kappa shape index (κ1) is 31.4. The first-order valence-electron chi connectivity index (χ1n) is 12.8. The average molecular weight is 609 g/mol. The fourth-order valence-electron chi connectivity index (χ4n) is 3.93. The van der Waals surface area contributed by atoms with Gasteiger partial charge in [-0.3, -0.25) is 13.9 Å². The van der Waals surface area contributed by atoms with E-state index < -0.39 is 34.3 Å². The Labute approximate surface area is 244 Å². The number of rotatable bonds is 12. The highest BCUT2D eigenvalue weighted by atomic mass is 35.5. The summed E-state index contributed by atoms with van der Waals surface area (Å²) < 4.78 is 42.0. The molecule has 2 amide bonds. The third kappa shape index (κ3) is 7.96. The van der Waals surface area contributed by atoms with E-state index in [1.807, 2.05) is 13.8 Å². The lowest BCUT2D eigenvalue weighted by molar-refractivity contribution is -0.139. The number of carbonyl (C=O) groups excluding carboxylic acids is 2. The molecule has 0 saturated heterocycles. The molecule has 0 fully saturated rings. The second kappa shape index (κ2) is 14.0. The van der Waals surface area contributed by atoms with Crippen LogP contribution in [-0.4, -0.2) is 44.3 Å². The molecule has 3 rings (SSSR count). The Kier molecular flexibility index (Phi) is 11.0. The van der Waals surface area contributed by atoms with Gasteiger partial charge in [-0.1, -0.05) is 60.3 Å². The summed E-state index contributed by atoms with van der Waals surface area (Å²) in [6, 6.07) is 15.0. The molecule has 40 heavy (non-hydrogen) atoms. The maximum atomic E-state index is 13.9. The van der Waals surface area contributed by atoms with Crippen LogP contribution in [0.1, 0.15) is 37.8 Å². The van der Waals surface area contributed by atoms with Crippen molar-refractivity contribution in [2.75, 3.05) is 17.4 Å². The molecule has 0 bridgehead atoms. The molecule has 0 heterocycles. The monoisotopic (exact) mass is 607 g/mol. The van der Waals surface area contributed by atoms with Gasteiger partial charge < -0.3 is 10.2 Å². The van der Waals surface area contributed by atoms with Gasteiger partial charge in [0.25, 0.3) is 10.0 Å². The smallest absolute Gasteiger partial charge is 0.264 e. The third-order valence-electron chi connectivity index (χ3n) is 6.34. The lowest BCUT2D eigenvalue weighted by Crippen LogP contribution is -2.51. The number of hydrogen-bond donors (Lipinski definition) is 1. The minimum absolute atomic E-state index is 0.0174. The molecule has 0 spiro atoms. The Morgan fingerprint density at radius 1 is 0.975 bits per heavy atom. The van der Waals surface area contributed by atoms with Gasteiger partial charge in [0.1, 0.15) is 18.4 Å². The quantitative estimate of drug-likeness (QED) is 0.257. The average Bonchev–Trinajstić information content (AvgIpc) is 2.92. The van der Waals surface area contributed by atoms with Crippen LogP contribution >= 0.6 is 23.2 Å². The molecule has 11 heteroatoms. The van der Waals surface area contributed by atoms with Crippen molar-refractivity contribution in [3.05, 3.63) is 93.7 Å². The highest BCUT2D eigenvalue weighted by molar-refractivity contribution is 7.92. The molecule has 0 aliphatic carbocycles. The molecular formula is C29H32Cl2FN3O4S. The predicted molar refractivity (Wildman–Crippen MR) is 157 cm³/mol. The Bertz CT molecular complexity index is 1430. The van der Waals surface area contributed by atoms with Crippen molar-refractivity contribution >= 4 is 50.7 Å². The van der Waals surface area contributed by atoms with Crippen molar-refractivity contribution < 1.29 is 22.4 Å². The van der Waals surface area contributed by atoms with E-state index in [0.717, 1.165) is 47.0 Å². The zero-order chi connectivity index (χ0) is 29.4. The maximum absolute atomic E-state index is 13.9. The minimum atomic E-state index is -4.28. The summed E-state index contributed by atoms with van der Waals surface area (Å²) >= 11 is 12.2. The predicted octanol–water partition coefficient (Wildman–Crippen LogP) is 5.97. The normalized spacial score (nSPS) is 12.1. The summed E-state index contributed by atoms with van der Waals surface area (Å²) in [5.41, 5.74) is 1.75. The van der Waals surface area contributed by atoms with Crippen LogP contribution in [-0.2, 0) is 26.2 Å². The first-order valence-corrected chi connectivity index (χ1v) is 15.0. The van der Waals surface area contributed by atoms with Crippen LogP contribution in [0.3, 0.4) is 0 Å². The molecular weight excluding hydrogens is 576 g/mol. The summed E-state index contributed by atoms with van der Waals surface area (Å²) in [6.07, 6.45) is 1.66. The number of hydrogen-bond acceptors (Lipinski definition) is 4. The zero-order valence-electron chi connectivity index (χ0n) is 22.5. The molecule has 7 nitrogen and oxygen atoms in total. The molecule has 1 atom stereocenters. The topological polar surface area (TPSA) is 86.8 Å². The van der Waals surface area contributed by atoms with Gasteiger partial charge >= 0.3 is 0 Å². The van der Waals surface area contributed by atoms with Gasteiger partial charge in [-0.25, -0.2) is 12.8 Å². The van der Waals surface area contributed by atoms with Gasteiger partial charge in [-0.15, -0.1) is 0 Å². The highest BCUT2D eigenvalue weighted by Crippen LogP contribution is 2.26. The summed E-state index contributed by atoms with van der Waals surface area (Å²) in [6.45, 7) is 5.26. The Morgan fingerprint density at radius 2 is 1.62 bits per heavy atom. The number of amides is 2. The van der Waals surface area contributed by atoms with E-state index in [2.05, 4.69) is 5.32 Å². The molecule has 0 saturated carbocycles. The van der Waals surface area contributed by atoms with Crippen LogP contribution in [0.15, 0.2) is 71.6 Å². The van der Waals surface area contributed by atoms with Gasteiger partial charge in [-0.05, 0) is 74.4 Å². The van der Waals surface area contributed by atoms with Gasteiger partial charge in [-0.2, -0.15) is 0 Å². The molecule has 0 aromatic heterocycles. The summed E-state index contributed by atoms with van der Waals surface area (Å²) in [7, 11) is -4.28. The molecule has 0 aliphatic heterocycles. The highest BCUT2D eigenvalue weighted by Gasteiger charge is 2.32. The SMILES string of the molecule is CCCCNC(=O)[C@H](C)N(Cc1ccc(Cl)c(Cl)c1)C(=O)CN(c1ccc(C)cc1)S(=O)(=O)c1ccc(F)cc1. The lowest BCUT2D eigenvalue weighted by Gasteiger charge is -2.32. The van der Waals surface area contributed by atoms with E-state index in [-0.39, 0.29) is 28.1 Å². The van der Waals surface area contributed by atoms with E-state index in [9.17, 15) is 22.4 Å². The summed E-state index contributed by atoms with van der Waals surface area (Å²) in [5.74, 6) is -1.58.